The normalized spacial score (nSPS) is 17.2. The van der Waals surface area contributed by atoms with Crippen LogP contribution in [0.5, 0.6) is 0 Å². The topological polar surface area (TPSA) is 101 Å². The number of hydrogen-bond donors (Lipinski definition) is 5. The Hall–Kier alpha value is -2.77. The third-order valence-electron chi connectivity index (χ3n) is 9.20. The molecule has 2 aliphatic carbocycles. The maximum atomic E-state index is 14.5. The summed E-state index contributed by atoms with van der Waals surface area (Å²) in [4.78, 5) is 0. The Labute approximate surface area is 318 Å². The molecule has 0 fully saturated rings. The summed E-state index contributed by atoms with van der Waals surface area (Å²) in [6.45, 7) is 9.19. The van der Waals surface area contributed by atoms with E-state index in [0.29, 0.717) is 12.8 Å². The molecule has 18 heteroatoms. The van der Waals surface area contributed by atoms with Crippen LogP contribution in [0.15, 0.2) is 30.3 Å². The molecule has 2 atom stereocenters. The minimum Gasteiger partial charge on any atom is -0.423 e. The van der Waals surface area contributed by atoms with Crippen LogP contribution in [0.25, 0.3) is 21.5 Å². The van der Waals surface area contributed by atoms with E-state index in [-0.39, 0.29) is 66.4 Å². The molecule has 0 heterocycles. The first kappa shape index (κ1) is 47.4. The predicted molar refractivity (Wildman–Crippen MR) is 182 cm³/mol. The van der Waals surface area contributed by atoms with Gasteiger partial charge in [0.05, 0.1) is 21.9 Å². The first-order valence-electron chi connectivity index (χ1n) is 16.9. The maximum Gasteiger partial charge on any atom is 1.00 e. The third-order valence-corrected chi connectivity index (χ3v) is 9.20. The van der Waals surface area contributed by atoms with E-state index in [9.17, 15) is 43.9 Å². The van der Waals surface area contributed by atoms with Crippen molar-refractivity contribution < 1.29 is 87.9 Å². The molecule has 2 unspecified atom stereocenters. The minimum absolute atomic E-state index is 0. The van der Waals surface area contributed by atoms with Gasteiger partial charge in [-0.1, -0.05) is 64.3 Å². The van der Waals surface area contributed by atoms with Crippen LogP contribution in [0, 0.1) is 53.7 Å². The molecule has 0 bridgehead atoms. The predicted octanol–water partition coefficient (Wildman–Crippen LogP) is 4.90. The Kier molecular flexibility index (Phi) is 17.0. The van der Waals surface area contributed by atoms with Crippen molar-refractivity contribution in [3.8, 4) is 0 Å². The molecule has 0 saturated heterocycles. The van der Waals surface area contributed by atoms with Gasteiger partial charge in [-0.15, -0.1) is 0 Å². The number of hydrogen-bond acceptors (Lipinski definition) is 5. The molecule has 0 aliphatic heterocycles. The number of rotatable bonds is 6. The van der Waals surface area contributed by atoms with Crippen LogP contribution in [0.1, 0.15) is 81.5 Å². The minimum atomic E-state index is -3.53. The standard InChI is InChI=1S/C16H14BF5O2.C16H13F5.C4H9.BH3O3.Li/c1-2-3-7-6-9-8-4-5-10(17(23)24)13(18)11(8)14(19)15(20)12(9)16(7,21)22;1-2-4-8-7-10-9-5-3-6-11(17)12(9)14(18)15(19)13(10)16(8,20)21;1-3-4-2;2-1(3)4;/h4-5,7,23-24H,2-3,6H2,1H3;3,5-6,8H,2,4,7H2,1H3;1,3-4H2,2H3;2-4H;/q;;-1;;+1. The van der Waals surface area contributed by atoms with E-state index in [4.69, 9.17) is 25.1 Å². The van der Waals surface area contributed by atoms with Crippen LogP contribution in [-0.2, 0) is 24.7 Å². The Balaban J connectivity index is 0.000000309. The van der Waals surface area contributed by atoms with Crippen molar-refractivity contribution in [2.75, 3.05) is 0 Å². The molecule has 0 spiro atoms. The average Bonchev–Trinajstić information content (AvgIpc) is 3.50. The molecule has 290 valence electrons. The van der Waals surface area contributed by atoms with Crippen molar-refractivity contribution in [3.05, 3.63) is 94.4 Å². The van der Waals surface area contributed by atoms with Gasteiger partial charge in [0, 0.05) is 17.3 Å². The number of benzene rings is 4. The molecule has 0 saturated carbocycles. The SMILES string of the molecule is CCCC1Cc2c(c(F)c(F)c3c(F)c(B(O)O)ccc23)C1(F)F.CCCC1Cc2c(c(F)c(F)c3c(F)cccc23)C1(F)F.OB(O)O.[CH2-]CCC.[Li+]. The fourth-order valence-electron chi connectivity index (χ4n) is 6.77. The van der Waals surface area contributed by atoms with Gasteiger partial charge in [0.15, 0.2) is 23.3 Å². The van der Waals surface area contributed by atoms with Crippen molar-refractivity contribution in [2.24, 2.45) is 11.8 Å². The summed E-state index contributed by atoms with van der Waals surface area (Å²) in [5.41, 5.74) is -2.63. The fourth-order valence-corrected chi connectivity index (χ4v) is 6.77. The van der Waals surface area contributed by atoms with Crippen LogP contribution in [-0.4, -0.2) is 39.6 Å². The van der Waals surface area contributed by atoms with Crippen LogP contribution < -0.4 is 24.3 Å². The molecule has 4 aromatic rings. The second kappa shape index (κ2) is 19.4. The quantitative estimate of drug-likeness (QED) is 0.109. The summed E-state index contributed by atoms with van der Waals surface area (Å²) in [6, 6.07) is 5.78. The Morgan fingerprint density at radius 2 is 1.04 bits per heavy atom. The first-order valence-corrected chi connectivity index (χ1v) is 16.9. The molecular formula is C36H39B2F10LiO5. The summed E-state index contributed by atoms with van der Waals surface area (Å²) in [6.07, 6.45) is 3.33. The molecule has 6 rings (SSSR count). The van der Waals surface area contributed by atoms with Crippen molar-refractivity contribution in [3.63, 3.8) is 0 Å². The molecular weight excluding hydrogens is 731 g/mol. The number of alkyl halides is 4. The van der Waals surface area contributed by atoms with E-state index < -0.39 is 100 Å². The van der Waals surface area contributed by atoms with Crippen LogP contribution in [0.4, 0.5) is 43.9 Å². The van der Waals surface area contributed by atoms with Gasteiger partial charge in [0.25, 0.3) is 11.8 Å². The summed E-state index contributed by atoms with van der Waals surface area (Å²) in [7, 11) is -4.39. The maximum absolute atomic E-state index is 14.5. The molecule has 0 amide bonds. The second-order valence-corrected chi connectivity index (χ2v) is 12.7. The van der Waals surface area contributed by atoms with Crippen LogP contribution in [0.2, 0.25) is 0 Å². The molecule has 0 radical (unpaired) electrons. The van der Waals surface area contributed by atoms with Gasteiger partial charge in [-0.25, -0.2) is 43.9 Å². The Morgan fingerprint density at radius 3 is 1.43 bits per heavy atom. The van der Waals surface area contributed by atoms with Gasteiger partial charge in [0.1, 0.15) is 11.6 Å². The summed E-state index contributed by atoms with van der Waals surface area (Å²) >= 11 is 0. The van der Waals surface area contributed by atoms with Gasteiger partial charge in [-0.2, -0.15) is 6.42 Å². The van der Waals surface area contributed by atoms with Gasteiger partial charge >= 0.3 is 33.3 Å². The van der Waals surface area contributed by atoms with Crippen molar-refractivity contribution in [2.45, 2.75) is 84.0 Å². The zero-order chi connectivity index (χ0) is 40.2. The van der Waals surface area contributed by atoms with Crippen molar-refractivity contribution >= 4 is 41.4 Å². The molecule has 5 N–H and O–H groups in total. The average molecular weight is 770 g/mol. The van der Waals surface area contributed by atoms with E-state index in [2.05, 4.69) is 13.8 Å². The van der Waals surface area contributed by atoms with Crippen LogP contribution in [0.3, 0.4) is 0 Å². The van der Waals surface area contributed by atoms with Gasteiger partial charge in [-0.05, 0) is 53.6 Å². The zero-order valence-electron chi connectivity index (χ0n) is 30.1. The Bertz CT molecular complexity index is 1910. The summed E-state index contributed by atoms with van der Waals surface area (Å²) < 4.78 is 143. The summed E-state index contributed by atoms with van der Waals surface area (Å²) in [5.74, 6) is -18.1. The smallest absolute Gasteiger partial charge is 0.423 e. The van der Waals surface area contributed by atoms with E-state index in [1.54, 1.807) is 13.8 Å². The van der Waals surface area contributed by atoms with Crippen LogP contribution >= 0.6 is 0 Å². The number of fused-ring (bicyclic) bond motifs is 6. The first-order chi connectivity index (χ1) is 24.7. The summed E-state index contributed by atoms with van der Waals surface area (Å²) in [5, 5.41) is 38.2. The van der Waals surface area contributed by atoms with E-state index in [1.807, 2.05) is 0 Å². The van der Waals surface area contributed by atoms with Crippen molar-refractivity contribution in [1.29, 1.82) is 0 Å². The van der Waals surface area contributed by atoms with E-state index >= 15 is 0 Å². The molecule has 5 nitrogen and oxygen atoms in total. The van der Waals surface area contributed by atoms with Crippen molar-refractivity contribution in [1.82, 2.24) is 0 Å². The van der Waals surface area contributed by atoms with Gasteiger partial charge in [-0.3, -0.25) is 0 Å². The molecule has 0 aromatic heterocycles. The largest absolute Gasteiger partial charge is 1.00 e. The van der Waals surface area contributed by atoms with Gasteiger partial charge < -0.3 is 32.0 Å². The number of unbranched alkanes of at least 4 members (excludes halogenated alkanes) is 1. The van der Waals surface area contributed by atoms with E-state index in [1.165, 1.54) is 18.6 Å². The monoisotopic (exact) mass is 770 g/mol. The molecule has 54 heavy (non-hydrogen) atoms. The third kappa shape index (κ3) is 9.25. The molecule has 2 aliphatic rings. The number of halogens is 10. The van der Waals surface area contributed by atoms with E-state index in [0.717, 1.165) is 24.6 Å². The molecule has 4 aromatic carbocycles. The fraction of sp³-hybridized carbons (Fsp3) is 0.417. The second-order valence-electron chi connectivity index (χ2n) is 12.7. The van der Waals surface area contributed by atoms with Gasteiger partial charge in [0.2, 0.25) is 0 Å². The zero-order valence-corrected chi connectivity index (χ0v) is 30.1. The Morgan fingerprint density at radius 1 is 0.630 bits per heavy atom.